The van der Waals surface area contributed by atoms with Gasteiger partial charge >= 0.3 is 11.9 Å². The van der Waals surface area contributed by atoms with E-state index < -0.39 is 48.8 Å². The van der Waals surface area contributed by atoms with Gasteiger partial charge < -0.3 is 41.8 Å². The molecule has 0 fully saturated rings. The topological polar surface area (TPSA) is 281 Å². The summed E-state index contributed by atoms with van der Waals surface area (Å²) in [5.74, 6) is -0.829. The number of halogens is 2. The normalized spacial score (nSPS) is 14.1. The van der Waals surface area contributed by atoms with Gasteiger partial charge in [0.2, 0.25) is 11.8 Å². The Morgan fingerprint density at radius 2 is 0.853 bits per heavy atom. The van der Waals surface area contributed by atoms with Gasteiger partial charge in [-0.2, -0.15) is 9.78 Å². The van der Waals surface area contributed by atoms with Crippen LogP contribution in [0, 0.1) is 0 Å². The van der Waals surface area contributed by atoms with E-state index in [0.29, 0.717) is 77.3 Å². The van der Waals surface area contributed by atoms with E-state index in [4.69, 9.17) is 31.5 Å². The fourth-order valence-corrected chi connectivity index (χ4v) is 7.16. The highest BCUT2D eigenvalue weighted by Crippen LogP contribution is 2.18. The second kappa shape index (κ2) is 50.9. The van der Waals surface area contributed by atoms with Crippen molar-refractivity contribution >= 4 is 48.6 Å². The molecular formula is C48H92Cl2N4O14. The third-order valence-electron chi connectivity index (χ3n) is 11.1. The number of aliphatic hydroxyl groups excluding tert-OH is 2. The molecule has 0 aromatic carbocycles. The first-order valence-electron chi connectivity index (χ1n) is 25.0. The lowest BCUT2D eigenvalue weighted by molar-refractivity contribution is -0.506. The van der Waals surface area contributed by atoms with E-state index in [1.807, 2.05) is 12.2 Å². The van der Waals surface area contributed by atoms with Gasteiger partial charge in [-0.1, -0.05) is 112 Å². The Kier molecular flexibility index (Phi) is 52.3. The largest absolute Gasteiger partial charge is 0.460 e. The van der Waals surface area contributed by atoms with Crippen LogP contribution in [0.5, 0.6) is 0 Å². The summed E-state index contributed by atoms with van der Waals surface area (Å²) in [6.07, 6.45) is 25.4. The first-order chi connectivity index (χ1) is 32.0. The van der Waals surface area contributed by atoms with Crippen LogP contribution in [0.25, 0.3) is 0 Å². The number of hydrogen-bond donors (Lipinski definition) is 8. The fourth-order valence-electron chi connectivity index (χ4n) is 7.16. The molecule has 68 heavy (non-hydrogen) atoms. The Labute approximate surface area is 419 Å². The first-order valence-corrected chi connectivity index (χ1v) is 25.0. The summed E-state index contributed by atoms with van der Waals surface area (Å²) >= 11 is 0. The number of ether oxygens (including phenoxy) is 2. The van der Waals surface area contributed by atoms with Crippen molar-refractivity contribution < 1.29 is 69.2 Å². The van der Waals surface area contributed by atoms with Crippen LogP contribution >= 0.6 is 24.8 Å². The molecular weight excluding hydrogens is 927 g/mol. The zero-order valence-corrected chi connectivity index (χ0v) is 42.9. The second-order valence-electron chi connectivity index (χ2n) is 17.1. The standard InChI is InChI=1S/C48H90N4O14.2ClH/c1-3-5-19-29-41(61-47(57)35-25-31-43(49)63-65-59)39(53)27-21-15-11-7-9-13-17-23-33-45(55)51-37-38-52-46(56)34-24-18-14-10-8-12-16-22-28-40(54)42(30-20-6-4-2)62-48(58)36-26-32-44(50)64-66-60;;/h15-16,21-22,39-44,53-54,59-60H,3-14,17-20,23-38,49-50H2,1-2H3,(H,51,55)(H,52,56);2*1H. The molecule has 0 radical (unpaired) electrons. The third-order valence-corrected chi connectivity index (χ3v) is 11.1. The van der Waals surface area contributed by atoms with E-state index in [1.54, 1.807) is 0 Å². The lowest BCUT2D eigenvalue weighted by Gasteiger charge is -2.22. The quantitative estimate of drug-likeness (QED) is 0.00705. The van der Waals surface area contributed by atoms with Crippen molar-refractivity contribution in [2.75, 3.05) is 13.1 Å². The van der Waals surface area contributed by atoms with Crippen LogP contribution in [0.2, 0.25) is 0 Å². The maximum atomic E-state index is 12.4. The van der Waals surface area contributed by atoms with Crippen molar-refractivity contribution in [3.8, 4) is 0 Å². The molecule has 0 spiro atoms. The maximum absolute atomic E-state index is 12.4. The minimum Gasteiger partial charge on any atom is -0.460 e. The van der Waals surface area contributed by atoms with Gasteiger partial charge in [-0.3, -0.25) is 19.2 Å². The van der Waals surface area contributed by atoms with E-state index in [0.717, 1.165) is 116 Å². The molecule has 0 saturated carbocycles. The average molecular weight is 1020 g/mol. The molecule has 0 bridgehead atoms. The van der Waals surface area contributed by atoms with Gasteiger partial charge in [-0.25, -0.2) is 10.5 Å². The SMILES string of the molecule is CCCCCC(OC(=O)CCCC(N)OOO)C(O)CC=CCCCCCCCC(=O)NCCNC(=O)CCCCCCCC=CCC(O)C(CCCCC)OC(=O)CCCC(N)OOO.Cl.Cl. The predicted molar refractivity (Wildman–Crippen MR) is 266 cm³/mol. The summed E-state index contributed by atoms with van der Waals surface area (Å²) in [6.45, 7) is 5.00. The van der Waals surface area contributed by atoms with Crippen LogP contribution in [0.3, 0.4) is 0 Å². The van der Waals surface area contributed by atoms with E-state index in [9.17, 15) is 29.4 Å². The highest BCUT2D eigenvalue weighted by atomic mass is 35.5. The monoisotopic (exact) mass is 1020 g/mol. The highest BCUT2D eigenvalue weighted by Gasteiger charge is 2.24. The van der Waals surface area contributed by atoms with Gasteiger partial charge in [0.15, 0.2) is 0 Å². The van der Waals surface area contributed by atoms with Gasteiger partial charge in [0, 0.05) is 38.8 Å². The summed E-state index contributed by atoms with van der Waals surface area (Å²) in [6, 6.07) is 0. The van der Waals surface area contributed by atoms with Crippen molar-refractivity contribution in [3.05, 3.63) is 24.3 Å². The van der Waals surface area contributed by atoms with Crippen LogP contribution in [0.15, 0.2) is 24.3 Å². The molecule has 6 atom stereocenters. The van der Waals surface area contributed by atoms with E-state index in [2.05, 4.69) is 56.5 Å². The van der Waals surface area contributed by atoms with Gasteiger partial charge in [-0.15, -0.1) is 24.8 Å². The number of esters is 2. The number of nitrogens with one attached hydrogen (secondary N) is 2. The number of carbonyl (C=O) groups excluding carboxylic acids is 4. The van der Waals surface area contributed by atoms with E-state index >= 15 is 0 Å². The Balaban J connectivity index is -0.0000211. The van der Waals surface area contributed by atoms with Crippen LogP contribution in [0.1, 0.15) is 206 Å². The second-order valence-corrected chi connectivity index (χ2v) is 17.1. The molecule has 2 amide bonds. The van der Waals surface area contributed by atoms with Crippen molar-refractivity contribution in [1.29, 1.82) is 0 Å². The Morgan fingerprint density at radius 1 is 0.485 bits per heavy atom. The summed E-state index contributed by atoms with van der Waals surface area (Å²) in [4.78, 5) is 57.9. The van der Waals surface area contributed by atoms with Gasteiger partial charge in [0.25, 0.3) is 0 Å². The average Bonchev–Trinajstić information content (AvgIpc) is 3.28. The first kappa shape index (κ1) is 69.8. The lowest BCUT2D eigenvalue weighted by Crippen LogP contribution is -2.34. The smallest absolute Gasteiger partial charge is 0.306 e. The van der Waals surface area contributed by atoms with Crippen molar-refractivity contribution in [1.82, 2.24) is 10.6 Å². The van der Waals surface area contributed by atoms with Crippen molar-refractivity contribution in [2.24, 2.45) is 11.5 Å². The molecule has 10 N–H and O–H groups in total. The number of allylic oxidation sites excluding steroid dienone is 2. The molecule has 0 aliphatic heterocycles. The Hall–Kier alpha value is -2.46. The van der Waals surface area contributed by atoms with E-state index in [-0.39, 0.29) is 49.5 Å². The number of nitrogens with two attached hydrogens (primary N) is 2. The zero-order chi connectivity index (χ0) is 48.9. The molecule has 402 valence electrons. The lowest BCUT2D eigenvalue weighted by atomic mass is 10.0. The van der Waals surface area contributed by atoms with Crippen LogP contribution in [0.4, 0.5) is 0 Å². The molecule has 0 aromatic rings. The van der Waals surface area contributed by atoms with Gasteiger partial charge in [0.1, 0.15) is 24.7 Å². The molecule has 6 unspecified atom stereocenters. The molecule has 0 aromatic heterocycles. The molecule has 0 aliphatic carbocycles. The van der Waals surface area contributed by atoms with Crippen LogP contribution in [-0.4, -0.2) is 94.4 Å². The maximum Gasteiger partial charge on any atom is 0.306 e. The summed E-state index contributed by atoms with van der Waals surface area (Å²) in [7, 11) is 0. The summed E-state index contributed by atoms with van der Waals surface area (Å²) in [5, 5.41) is 50.9. The highest BCUT2D eigenvalue weighted by molar-refractivity contribution is 5.85. The number of carbonyl (C=O) groups is 4. The van der Waals surface area contributed by atoms with Crippen LogP contribution < -0.4 is 22.1 Å². The predicted octanol–water partition coefficient (Wildman–Crippen LogP) is 8.88. The summed E-state index contributed by atoms with van der Waals surface area (Å²) in [5.41, 5.74) is 11.1. The molecule has 18 nitrogen and oxygen atoms in total. The number of rotatable bonds is 47. The van der Waals surface area contributed by atoms with E-state index in [1.165, 1.54) is 0 Å². The number of amides is 2. The minimum atomic E-state index is -0.848. The van der Waals surface area contributed by atoms with Crippen LogP contribution in [-0.2, 0) is 48.5 Å². The molecule has 0 heterocycles. The fraction of sp³-hybridized carbons (Fsp3) is 0.833. The number of aliphatic hydroxyl groups is 2. The van der Waals surface area contributed by atoms with Crippen molar-refractivity contribution in [2.45, 2.75) is 243 Å². The molecule has 0 rings (SSSR count). The Morgan fingerprint density at radius 3 is 1.22 bits per heavy atom. The minimum absolute atomic E-state index is 0. The Bertz CT molecular complexity index is 1170. The zero-order valence-electron chi connectivity index (χ0n) is 41.2. The van der Waals surface area contributed by atoms with Gasteiger partial charge in [0.05, 0.1) is 12.2 Å². The molecule has 0 aliphatic rings. The number of hydrogen-bond acceptors (Lipinski definition) is 16. The third kappa shape index (κ3) is 44.7. The van der Waals surface area contributed by atoms with Crippen molar-refractivity contribution in [3.63, 3.8) is 0 Å². The number of unbranched alkanes of at least 4 members (excludes halogenated alkanes) is 14. The van der Waals surface area contributed by atoms with Gasteiger partial charge in [-0.05, 0) is 103 Å². The molecule has 0 saturated heterocycles. The summed E-state index contributed by atoms with van der Waals surface area (Å²) < 4.78 is 11.2. The molecule has 20 heteroatoms.